The van der Waals surface area contributed by atoms with Crippen LogP contribution in [-0.4, -0.2) is 53.5 Å². The highest BCUT2D eigenvalue weighted by Crippen LogP contribution is 2.24. The molecule has 1 fully saturated rings. The van der Waals surface area contributed by atoms with Crippen molar-refractivity contribution in [2.75, 3.05) is 26.7 Å². The number of hydrogen-bond donors (Lipinski definition) is 1. The van der Waals surface area contributed by atoms with Crippen LogP contribution in [0.3, 0.4) is 0 Å². The summed E-state index contributed by atoms with van der Waals surface area (Å²) in [6, 6.07) is 3.17. The maximum Gasteiger partial charge on any atom is 0.307 e. The summed E-state index contributed by atoms with van der Waals surface area (Å²) in [5.41, 5.74) is 0.505. The molecule has 1 aliphatic heterocycles. The molecule has 0 aliphatic carbocycles. The van der Waals surface area contributed by atoms with Gasteiger partial charge in [-0.15, -0.1) is 0 Å². The molecule has 1 aliphatic rings. The van der Waals surface area contributed by atoms with E-state index in [0.717, 1.165) is 12.1 Å². The quantitative estimate of drug-likeness (QED) is 0.883. The van der Waals surface area contributed by atoms with E-state index in [1.165, 1.54) is 11.0 Å². The fourth-order valence-electron chi connectivity index (χ4n) is 3.28. The van der Waals surface area contributed by atoms with Gasteiger partial charge in [0, 0.05) is 20.1 Å². The second-order valence-electron chi connectivity index (χ2n) is 6.92. The summed E-state index contributed by atoms with van der Waals surface area (Å²) in [5.74, 6) is -3.16. The third kappa shape index (κ3) is 4.75. The first kappa shape index (κ1) is 19.3. The Morgan fingerprint density at radius 1 is 1.32 bits per heavy atom. The van der Waals surface area contributed by atoms with Gasteiger partial charge in [0.1, 0.15) is 0 Å². The van der Waals surface area contributed by atoms with E-state index in [1.807, 2.05) is 11.8 Å². The van der Waals surface area contributed by atoms with Crippen molar-refractivity contribution in [3.63, 3.8) is 0 Å². The van der Waals surface area contributed by atoms with Crippen molar-refractivity contribution < 1.29 is 23.5 Å². The van der Waals surface area contributed by atoms with Gasteiger partial charge in [0.15, 0.2) is 11.6 Å². The minimum atomic E-state index is -0.945. The zero-order valence-corrected chi connectivity index (χ0v) is 14.7. The van der Waals surface area contributed by atoms with E-state index in [0.29, 0.717) is 25.1 Å². The van der Waals surface area contributed by atoms with Crippen LogP contribution >= 0.6 is 0 Å². The maximum atomic E-state index is 13.4. The number of benzene rings is 1. The van der Waals surface area contributed by atoms with Crippen LogP contribution in [0.1, 0.15) is 31.9 Å². The number of rotatable bonds is 5. The van der Waals surface area contributed by atoms with Gasteiger partial charge < -0.3 is 10.0 Å². The molecule has 25 heavy (non-hydrogen) atoms. The van der Waals surface area contributed by atoms with Crippen molar-refractivity contribution in [3.8, 4) is 0 Å². The second-order valence-corrected chi connectivity index (χ2v) is 6.92. The lowest BCUT2D eigenvalue weighted by Crippen LogP contribution is -2.47. The highest BCUT2D eigenvalue weighted by molar-refractivity contribution is 5.78. The Bertz CT molecular complexity index is 653. The molecule has 0 radical (unpaired) electrons. The summed E-state index contributed by atoms with van der Waals surface area (Å²) in [6.45, 7) is 4.84. The number of hydrogen-bond acceptors (Lipinski definition) is 3. The van der Waals surface area contributed by atoms with Crippen molar-refractivity contribution >= 4 is 11.9 Å². The van der Waals surface area contributed by atoms with Crippen LogP contribution in [0.5, 0.6) is 0 Å². The van der Waals surface area contributed by atoms with Gasteiger partial charge in [-0.2, -0.15) is 0 Å². The van der Waals surface area contributed by atoms with Crippen molar-refractivity contribution in [1.29, 1.82) is 0 Å². The number of amides is 1. The molecule has 1 N–H and O–H groups in total. The minimum absolute atomic E-state index is 0.110. The Morgan fingerprint density at radius 3 is 2.60 bits per heavy atom. The Labute approximate surface area is 146 Å². The molecule has 2 rings (SSSR count). The van der Waals surface area contributed by atoms with Crippen molar-refractivity contribution in [2.24, 2.45) is 11.8 Å². The number of likely N-dealkylation sites (tertiary alicyclic amines) is 1. The molecule has 1 heterocycles. The van der Waals surface area contributed by atoms with Crippen LogP contribution in [0, 0.1) is 23.5 Å². The lowest BCUT2D eigenvalue weighted by atomic mass is 9.90. The number of aliphatic carboxylic acids is 1. The van der Waals surface area contributed by atoms with E-state index in [1.54, 1.807) is 14.0 Å². The Kier molecular flexibility index (Phi) is 6.11. The van der Waals surface area contributed by atoms with Crippen molar-refractivity contribution in [1.82, 2.24) is 9.80 Å². The topological polar surface area (TPSA) is 60.9 Å². The maximum absolute atomic E-state index is 13.4. The van der Waals surface area contributed by atoms with Crippen molar-refractivity contribution in [2.45, 2.75) is 26.3 Å². The van der Waals surface area contributed by atoms with Gasteiger partial charge in [-0.1, -0.05) is 13.0 Å². The number of carboxylic acids is 1. The summed E-state index contributed by atoms with van der Waals surface area (Å²) in [6.07, 6.45) is 0.612. The molecular weight excluding hydrogens is 330 g/mol. The number of carboxylic acid groups (broad SMARTS) is 1. The number of carbonyl (C=O) groups excluding carboxylic acids is 1. The molecule has 1 saturated heterocycles. The molecule has 0 spiro atoms. The lowest BCUT2D eigenvalue weighted by Gasteiger charge is -2.35. The molecule has 0 aromatic heterocycles. The van der Waals surface area contributed by atoms with Crippen LogP contribution in [0.25, 0.3) is 0 Å². The van der Waals surface area contributed by atoms with E-state index < -0.39 is 29.6 Å². The number of piperidine rings is 1. The molecule has 7 heteroatoms. The Morgan fingerprint density at radius 2 is 2.00 bits per heavy atom. The SMILES string of the molecule is CC1CC(C(=O)O)CN(CC(=O)N(C)C(C)c2ccc(F)c(F)c2)C1. The van der Waals surface area contributed by atoms with E-state index in [9.17, 15) is 23.5 Å². The summed E-state index contributed by atoms with van der Waals surface area (Å²) in [4.78, 5) is 27.1. The third-order valence-corrected chi connectivity index (χ3v) is 4.84. The number of nitrogens with zero attached hydrogens (tertiary/aromatic N) is 2. The van der Waals surface area contributed by atoms with Gasteiger partial charge in [-0.25, -0.2) is 8.78 Å². The number of carbonyl (C=O) groups is 2. The molecule has 0 bridgehead atoms. The summed E-state index contributed by atoms with van der Waals surface area (Å²) in [7, 11) is 1.61. The van der Waals surface area contributed by atoms with Crippen LogP contribution in [-0.2, 0) is 9.59 Å². The second kappa shape index (κ2) is 7.91. The van der Waals surface area contributed by atoms with Gasteiger partial charge >= 0.3 is 5.97 Å². The third-order valence-electron chi connectivity index (χ3n) is 4.84. The van der Waals surface area contributed by atoms with Crippen LogP contribution in [0.2, 0.25) is 0 Å². The molecular formula is C18H24F2N2O3. The fraction of sp³-hybridized carbons (Fsp3) is 0.556. The van der Waals surface area contributed by atoms with Crippen LogP contribution < -0.4 is 0 Å². The Balaban J connectivity index is 2.01. The summed E-state index contributed by atoms with van der Waals surface area (Å²) in [5, 5.41) is 9.21. The number of likely N-dealkylation sites (N-methyl/N-ethyl adjacent to an activating group) is 1. The lowest BCUT2D eigenvalue weighted by molar-refractivity contribution is -0.146. The van der Waals surface area contributed by atoms with E-state index >= 15 is 0 Å². The van der Waals surface area contributed by atoms with E-state index in [2.05, 4.69) is 0 Å². The molecule has 3 atom stereocenters. The van der Waals surface area contributed by atoms with E-state index in [4.69, 9.17) is 0 Å². The normalized spacial score (nSPS) is 22.4. The molecule has 5 nitrogen and oxygen atoms in total. The first-order valence-corrected chi connectivity index (χ1v) is 8.34. The first-order chi connectivity index (χ1) is 11.7. The molecule has 1 aromatic carbocycles. The average molecular weight is 354 g/mol. The highest BCUT2D eigenvalue weighted by atomic mass is 19.2. The average Bonchev–Trinajstić information content (AvgIpc) is 2.55. The largest absolute Gasteiger partial charge is 0.481 e. The molecule has 1 aromatic rings. The summed E-state index contributed by atoms with van der Waals surface area (Å²) < 4.78 is 26.5. The first-order valence-electron chi connectivity index (χ1n) is 8.34. The monoisotopic (exact) mass is 354 g/mol. The Hall–Kier alpha value is -2.02. The van der Waals surface area contributed by atoms with Gasteiger partial charge in [-0.3, -0.25) is 14.5 Å². The fourth-order valence-corrected chi connectivity index (χ4v) is 3.28. The molecule has 3 unspecified atom stereocenters. The summed E-state index contributed by atoms with van der Waals surface area (Å²) >= 11 is 0. The highest BCUT2D eigenvalue weighted by Gasteiger charge is 2.31. The van der Waals surface area contributed by atoms with Crippen molar-refractivity contribution in [3.05, 3.63) is 35.4 Å². The zero-order valence-electron chi connectivity index (χ0n) is 14.7. The predicted molar refractivity (Wildman–Crippen MR) is 88.9 cm³/mol. The van der Waals surface area contributed by atoms with E-state index in [-0.39, 0.29) is 18.4 Å². The predicted octanol–water partition coefficient (Wildman–Crippen LogP) is 2.53. The van der Waals surface area contributed by atoms with Gasteiger partial charge in [0.2, 0.25) is 5.91 Å². The van der Waals surface area contributed by atoms with Crippen LogP contribution in [0.4, 0.5) is 8.78 Å². The van der Waals surface area contributed by atoms with Gasteiger partial charge in [-0.05, 0) is 37.0 Å². The van der Waals surface area contributed by atoms with Crippen LogP contribution in [0.15, 0.2) is 18.2 Å². The molecule has 1 amide bonds. The van der Waals surface area contributed by atoms with Gasteiger partial charge in [0.05, 0.1) is 18.5 Å². The smallest absolute Gasteiger partial charge is 0.307 e. The minimum Gasteiger partial charge on any atom is -0.481 e. The zero-order chi connectivity index (χ0) is 18.7. The number of halogens is 2. The van der Waals surface area contributed by atoms with Gasteiger partial charge in [0.25, 0.3) is 0 Å². The molecule has 0 saturated carbocycles. The molecule has 138 valence electrons. The standard InChI is InChI=1S/C18H24F2N2O3/c1-11-6-14(18(24)25)9-22(8-11)10-17(23)21(3)12(2)13-4-5-15(19)16(20)7-13/h4-5,7,11-12,14H,6,8-10H2,1-3H3,(H,24,25).